The fourth-order valence-corrected chi connectivity index (χ4v) is 5.65. The summed E-state index contributed by atoms with van der Waals surface area (Å²) in [5, 5.41) is 0. The predicted molar refractivity (Wildman–Crippen MR) is 78.0 cm³/mol. The van der Waals surface area contributed by atoms with Gasteiger partial charge in [0.15, 0.2) is 0 Å². The van der Waals surface area contributed by atoms with E-state index in [1.807, 2.05) is 5.54 Å². The quantitative estimate of drug-likeness (QED) is 0.410. The maximum atomic E-state index is 6.06. The molecule has 0 aliphatic heterocycles. The molecule has 2 fully saturated rings. The van der Waals surface area contributed by atoms with Gasteiger partial charge in [-0.1, -0.05) is 47.0 Å². The second-order valence-corrected chi connectivity index (χ2v) is 12.2. The van der Waals surface area contributed by atoms with E-state index in [0.717, 1.165) is 11.8 Å². The van der Waals surface area contributed by atoms with Gasteiger partial charge in [0.2, 0.25) is 0 Å². The number of methoxy groups -OCH3 is 1. The second-order valence-electron chi connectivity index (χ2n) is 7.02. The van der Waals surface area contributed by atoms with Crippen molar-refractivity contribution >= 4 is 8.07 Å². The summed E-state index contributed by atoms with van der Waals surface area (Å²) >= 11 is 0. The fourth-order valence-electron chi connectivity index (χ4n) is 3.54. The van der Waals surface area contributed by atoms with Gasteiger partial charge in [-0.25, -0.2) is 6.42 Å². The van der Waals surface area contributed by atoms with E-state index < -0.39 is 8.07 Å². The minimum absolute atomic E-state index is 0. The van der Waals surface area contributed by atoms with Crippen molar-refractivity contribution in [1.29, 1.82) is 0 Å². The maximum absolute atomic E-state index is 6.06. The van der Waals surface area contributed by atoms with Crippen molar-refractivity contribution in [2.24, 2.45) is 11.8 Å². The molecule has 0 radical (unpaired) electrons. The van der Waals surface area contributed by atoms with Crippen molar-refractivity contribution in [3.8, 4) is 0 Å². The molecule has 106 valence electrons. The molecule has 2 aliphatic rings. The number of rotatable bonds is 6. The standard InChI is InChI=1S/C15H29O2Si.Li/c1-16-11-17-15(12-8-6-5-7-9-12)13-10-14(13)18(2,3)4;/h12-13,15H,5-11H2,1-4H3;/q-1;+1/t13-,15-;/m1./s1. The molecule has 2 rings (SSSR count). The van der Waals surface area contributed by atoms with Crippen LogP contribution in [-0.2, 0) is 9.47 Å². The van der Waals surface area contributed by atoms with Crippen LogP contribution < -0.4 is 18.9 Å². The van der Waals surface area contributed by atoms with Crippen molar-refractivity contribution in [2.45, 2.75) is 64.3 Å². The molecule has 0 saturated heterocycles. The molecule has 2 saturated carbocycles. The third-order valence-corrected chi connectivity index (χ3v) is 7.08. The zero-order chi connectivity index (χ0) is 13.2. The Morgan fingerprint density at radius 3 is 2.26 bits per heavy atom. The molecule has 0 spiro atoms. The van der Waals surface area contributed by atoms with E-state index in [1.54, 1.807) is 7.11 Å². The van der Waals surface area contributed by atoms with E-state index in [1.165, 1.54) is 38.5 Å². The van der Waals surface area contributed by atoms with Crippen LogP contribution in [0.5, 0.6) is 0 Å². The molecule has 2 atom stereocenters. The Kier molecular flexibility index (Phi) is 7.17. The number of ether oxygens (including phenoxy) is 2. The van der Waals surface area contributed by atoms with Crippen LogP contribution in [0.3, 0.4) is 0 Å². The first-order valence-corrected chi connectivity index (χ1v) is 11.0. The Labute approximate surface area is 132 Å². The first kappa shape index (κ1) is 17.8. The summed E-state index contributed by atoms with van der Waals surface area (Å²) in [6.07, 6.45) is 8.72. The van der Waals surface area contributed by atoms with Crippen LogP contribution >= 0.6 is 0 Å². The van der Waals surface area contributed by atoms with Gasteiger partial charge in [-0.15, -0.1) is 0 Å². The largest absolute Gasteiger partial charge is 1.00 e. The Morgan fingerprint density at radius 2 is 1.79 bits per heavy atom. The molecule has 0 aromatic rings. The normalized spacial score (nSPS) is 26.8. The molecular formula is C15H29LiO2Si. The molecule has 19 heavy (non-hydrogen) atoms. The first-order valence-electron chi connectivity index (χ1n) is 7.50. The Balaban J connectivity index is 0.00000180. The molecule has 0 heterocycles. The van der Waals surface area contributed by atoms with Gasteiger partial charge >= 0.3 is 18.9 Å². The number of hydrogen-bond donors (Lipinski definition) is 0. The smallest absolute Gasteiger partial charge is 0.359 e. The third-order valence-electron chi connectivity index (χ3n) is 4.58. The van der Waals surface area contributed by atoms with Crippen LogP contribution in [0.2, 0.25) is 19.6 Å². The van der Waals surface area contributed by atoms with E-state index in [4.69, 9.17) is 9.47 Å². The van der Waals surface area contributed by atoms with Crippen molar-refractivity contribution in [1.82, 2.24) is 0 Å². The van der Waals surface area contributed by atoms with Gasteiger partial charge in [-0.05, 0) is 18.8 Å². The number of hydrogen-bond acceptors (Lipinski definition) is 2. The Morgan fingerprint density at radius 1 is 1.16 bits per heavy atom. The van der Waals surface area contributed by atoms with Crippen molar-refractivity contribution in [2.75, 3.05) is 13.9 Å². The third kappa shape index (κ3) is 4.90. The van der Waals surface area contributed by atoms with Gasteiger partial charge < -0.3 is 15.0 Å². The van der Waals surface area contributed by atoms with Crippen LogP contribution in [0, 0.1) is 17.4 Å². The monoisotopic (exact) mass is 276 g/mol. The van der Waals surface area contributed by atoms with Crippen LogP contribution in [0.1, 0.15) is 38.5 Å². The van der Waals surface area contributed by atoms with Gasteiger partial charge in [0.25, 0.3) is 0 Å². The predicted octanol–water partition coefficient (Wildman–Crippen LogP) is 1.03. The minimum Gasteiger partial charge on any atom is -0.359 e. The van der Waals surface area contributed by atoms with Crippen LogP contribution in [0.25, 0.3) is 0 Å². The summed E-state index contributed by atoms with van der Waals surface area (Å²) < 4.78 is 11.2. The molecule has 0 aromatic heterocycles. The van der Waals surface area contributed by atoms with Crippen LogP contribution in [-0.4, -0.2) is 28.1 Å². The van der Waals surface area contributed by atoms with Crippen LogP contribution in [0.15, 0.2) is 0 Å². The van der Waals surface area contributed by atoms with E-state index in [9.17, 15) is 0 Å². The molecule has 0 amide bonds. The van der Waals surface area contributed by atoms with Gasteiger partial charge in [-0.3, -0.25) is 0 Å². The van der Waals surface area contributed by atoms with E-state index in [2.05, 4.69) is 19.6 Å². The SMILES string of the molecule is COCO[C@H](C1CCCCC1)[C@@H]1C[C-]1[Si](C)(C)C.[Li+]. The second kappa shape index (κ2) is 7.66. The summed E-state index contributed by atoms with van der Waals surface area (Å²) in [7, 11) is 0.674. The fraction of sp³-hybridized carbons (Fsp3) is 0.933. The molecule has 0 N–H and O–H groups in total. The summed E-state index contributed by atoms with van der Waals surface area (Å²) in [4.78, 5) is 0. The van der Waals surface area contributed by atoms with E-state index in [-0.39, 0.29) is 18.9 Å². The first-order chi connectivity index (χ1) is 8.54. The molecular weight excluding hydrogens is 247 g/mol. The summed E-state index contributed by atoms with van der Waals surface area (Å²) in [6, 6.07) is 0. The zero-order valence-corrected chi connectivity index (χ0v) is 14.5. The van der Waals surface area contributed by atoms with Crippen molar-refractivity contribution in [3.63, 3.8) is 0 Å². The van der Waals surface area contributed by atoms with Crippen molar-refractivity contribution < 1.29 is 28.3 Å². The van der Waals surface area contributed by atoms with Gasteiger partial charge in [-0.2, -0.15) is 5.92 Å². The Bertz CT molecular complexity index is 261. The average Bonchev–Trinajstić information content (AvgIpc) is 3.11. The van der Waals surface area contributed by atoms with Crippen LogP contribution in [0.4, 0.5) is 0 Å². The molecule has 2 aliphatic carbocycles. The van der Waals surface area contributed by atoms with Gasteiger partial charge in [0.05, 0.1) is 0 Å². The minimum atomic E-state index is -1.06. The van der Waals surface area contributed by atoms with E-state index in [0.29, 0.717) is 12.9 Å². The topological polar surface area (TPSA) is 18.5 Å². The summed E-state index contributed by atoms with van der Waals surface area (Å²) in [5.41, 5.74) is 1.84. The zero-order valence-electron chi connectivity index (χ0n) is 13.5. The van der Waals surface area contributed by atoms with Crippen molar-refractivity contribution in [3.05, 3.63) is 5.54 Å². The Hall–Kier alpha value is 0.734. The van der Waals surface area contributed by atoms with Gasteiger partial charge in [0, 0.05) is 13.2 Å². The average molecular weight is 276 g/mol. The maximum Gasteiger partial charge on any atom is 1.00 e. The molecule has 4 heteroatoms. The molecule has 0 unspecified atom stereocenters. The summed E-state index contributed by atoms with van der Waals surface area (Å²) in [5.74, 6) is 1.54. The molecule has 0 aromatic carbocycles. The summed E-state index contributed by atoms with van der Waals surface area (Å²) in [6.45, 7) is 7.88. The molecule has 0 bridgehead atoms. The molecule has 2 nitrogen and oxygen atoms in total. The van der Waals surface area contributed by atoms with Gasteiger partial charge in [0.1, 0.15) is 6.79 Å². The van der Waals surface area contributed by atoms with E-state index >= 15 is 0 Å².